The number of carbonyl (C=O) groups is 1. The maximum atomic E-state index is 11.9. The first-order valence-electron chi connectivity index (χ1n) is 10.3. The van der Waals surface area contributed by atoms with Gasteiger partial charge >= 0.3 is 0 Å². The predicted octanol–water partition coefficient (Wildman–Crippen LogP) is 2.50. The van der Waals surface area contributed by atoms with Crippen LogP contribution in [0.4, 0.5) is 5.69 Å². The lowest BCUT2D eigenvalue weighted by Crippen LogP contribution is -2.45. The van der Waals surface area contributed by atoms with Gasteiger partial charge in [0.15, 0.2) is 0 Å². The van der Waals surface area contributed by atoms with Crippen molar-refractivity contribution in [3.05, 3.63) is 66.1 Å². The van der Waals surface area contributed by atoms with Crippen LogP contribution >= 0.6 is 11.9 Å². The molecule has 0 bridgehead atoms. The minimum Gasteiger partial charge on any atom is -0.386 e. The summed E-state index contributed by atoms with van der Waals surface area (Å²) in [6.45, 7) is 0.724. The number of primary amides is 1. The van der Waals surface area contributed by atoms with Gasteiger partial charge in [0.2, 0.25) is 0 Å². The molecule has 8 nitrogen and oxygen atoms in total. The van der Waals surface area contributed by atoms with Crippen LogP contribution in [0.15, 0.2) is 65.5 Å². The number of amides is 1. The van der Waals surface area contributed by atoms with E-state index in [-0.39, 0.29) is 23.5 Å². The van der Waals surface area contributed by atoms with Gasteiger partial charge < -0.3 is 22.1 Å². The molecular weight excluding hydrogens is 410 g/mol. The number of pyridine rings is 1. The van der Waals surface area contributed by atoms with E-state index in [0.29, 0.717) is 5.69 Å². The van der Waals surface area contributed by atoms with Gasteiger partial charge in [-0.1, -0.05) is 12.8 Å². The van der Waals surface area contributed by atoms with Crippen LogP contribution in [0.3, 0.4) is 0 Å². The number of carbonyl (C=O) groups excluding carboxylic acids is 1. The molecule has 0 aliphatic heterocycles. The highest BCUT2D eigenvalue weighted by molar-refractivity contribution is 7.97. The van der Waals surface area contributed by atoms with Crippen molar-refractivity contribution in [2.45, 2.75) is 49.2 Å². The Morgan fingerprint density at radius 1 is 1.16 bits per heavy atom. The third kappa shape index (κ3) is 7.09. The number of nitrogens with one attached hydrogen (secondary N) is 4. The summed E-state index contributed by atoms with van der Waals surface area (Å²) in [5, 5.41) is 14.4. The lowest BCUT2D eigenvalue weighted by molar-refractivity contribution is -0.114. The van der Waals surface area contributed by atoms with Crippen molar-refractivity contribution < 1.29 is 4.79 Å². The van der Waals surface area contributed by atoms with Crippen molar-refractivity contribution in [2.24, 2.45) is 11.5 Å². The van der Waals surface area contributed by atoms with E-state index in [0.717, 1.165) is 42.7 Å². The molecule has 1 amide bonds. The molecule has 2 atom stereocenters. The van der Waals surface area contributed by atoms with Gasteiger partial charge in [-0.3, -0.25) is 19.9 Å². The van der Waals surface area contributed by atoms with E-state index in [9.17, 15) is 4.79 Å². The van der Waals surface area contributed by atoms with Crippen LogP contribution in [0.25, 0.3) is 0 Å². The van der Waals surface area contributed by atoms with Gasteiger partial charge in [0.25, 0.3) is 5.91 Å². The molecule has 1 aromatic heterocycles. The van der Waals surface area contributed by atoms with Crippen LogP contribution < -0.4 is 26.8 Å². The quantitative estimate of drug-likeness (QED) is 0.153. The molecule has 1 aromatic carbocycles. The van der Waals surface area contributed by atoms with Crippen LogP contribution in [0.1, 0.15) is 31.2 Å². The molecule has 9 heteroatoms. The van der Waals surface area contributed by atoms with Gasteiger partial charge in [-0.2, -0.15) is 0 Å². The Kier molecular flexibility index (Phi) is 8.45. The Labute approximate surface area is 186 Å². The fourth-order valence-electron chi connectivity index (χ4n) is 3.34. The van der Waals surface area contributed by atoms with E-state index in [2.05, 4.69) is 20.3 Å². The molecule has 1 fully saturated rings. The lowest BCUT2D eigenvalue weighted by Gasteiger charge is -2.29. The highest BCUT2D eigenvalue weighted by Crippen LogP contribution is 2.19. The molecule has 0 saturated heterocycles. The summed E-state index contributed by atoms with van der Waals surface area (Å²) in [6, 6.07) is 11.6. The van der Waals surface area contributed by atoms with Crippen molar-refractivity contribution >= 4 is 29.4 Å². The number of hydrogen-bond acceptors (Lipinski definition) is 7. The zero-order valence-corrected chi connectivity index (χ0v) is 18.1. The first-order chi connectivity index (χ1) is 15.0. The topological polar surface area (TPSA) is 142 Å². The molecule has 1 heterocycles. The molecule has 1 aliphatic carbocycles. The molecule has 1 saturated carbocycles. The van der Waals surface area contributed by atoms with E-state index >= 15 is 0 Å². The number of amidine groups is 1. The minimum absolute atomic E-state index is 0.0403. The van der Waals surface area contributed by atoms with E-state index < -0.39 is 5.91 Å². The van der Waals surface area contributed by atoms with Crippen molar-refractivity contribution in [1.29, 1.82) is 5.41 Å². The molecular formula is C22H29N7OS. The van der Waals surface area contributed by atoms with E-state index in [1.807, 2.05) is 36.4 Å². The maximum Gasteiger partial charge on any atom is 0.253 e. The Bertz CT molecular complexity index is 902. The summed E-state index contributed by atoms with van der Waals surface area (Å²) in [5.74, 6) is -0.720. The van der Waals surface area contributed by atoms with Crippen molar-refractivity contribution in [1.82, 2.24) is 15.0 Å². The van der Waals surface area contributed by atoms with Crippen LogP contribution in [0.2, 0.25) is 0 Å². The third-order valence-corrected chi connectivity index (χ3v) is 5.93. The van der Waals surface area contributed by atoms with E-state index in [1.54, 1.807) is 12.4 Å². The van der Waals surface area contributed by atoms with E-state index in [1.165, 1.54) is 18.1 Å². The Balaban J connectivity index is 1.52. The predicted molar refractivity (Wildman–Crippen MR) is 125 cm³/mol. The second-order valence-electron chi connectivity index (χ2n) is 7.45. The van der Waals surface area contributed by atoms with Gasteiger partial charge in [0, 0.05) is 47.8 Å². The molecule has 2 unspecified atom stereocenters. The van der Waals surface area contributed by atoms with Gasteiger partial charge in [0.05, 0.1) is 5.57 Å². The highest BCUT2D eigenvalue weighted by Gasteiger charge is 2.21. The van der Waals surface area contributed by atoms with Crippen molar-refractivity contribution in [3.8, 4) is 0 Å². The van der Waals surface area contributed by atoms with E-state index in [4.69, 9.17) is 16.9 Å². The molecule has 31 heavy (non-hydrogen) atoms. The smallest absolute Gasteiger partial charge is 0.253 e. The zero-order chi connectivity index (χ0) is 22.1. The Morgan fingerprint density at radius 3 is 2.55 bits per heavy atom. The number of aromatic nitrogens is 1. The van der Waals surface area contributed by atoms with Crippen LogP contribution in [0.5, 0.6) is 0 Å². The molecule has 3 rings (SSSR count). The summed E-state index contributed by atoms with van der Waals surface area (Å²) < 4.78 is 3.30. The molecule has 0 radical (unpaired) electrons. The molecule has 164 valence electrons. The molecule has 8 N–H and O–H groups in total. The first kappa shape index (κ1) is 22.8. The van der Waals surface area contributed by atoms with Gasteiger partial charge in [-0.25, -0.2) is 0 Å². The van der Waals surface area contributed by atoms with Gasteiger partial charge in [-0.05, 0) is 66.8 Å². The normalized spacial score (nSPS) is 18.9. The summed E-state index contributed by atoms with van der Waals surface area (Å²) in [6.07, 6.45) is 9.17. The largest absolute Gasteiger partial charge is 0.386 e. The maximum absolute atomic E-state index is 11.9. The number of benzene rings is 1. The number of hydrogen-bond donors (Lipinski definition) is 6. The number of rotatable bonds is 9. The Morgan fingerprint density at radius 2 is 1.87 bits per heavy atom. The second kappa shape index (κ2) is 11.5. The number of nitrogens with two attached hydrogens (primary N) is 2. The summed E-state index contributed by atoms with van der Waals surface area (Å²) in [4.78, 5) is 16.9. The fraction of sp³-hybridized carbons (Fsp3) is 0.318. The van der Waals surface area contributed by atoms with Crippen molar-refractivity contribution in [2.75, 3.05) is 5.32 Å². The van der Waals surface area contributed by atoms with Crippen molar-refractivity contribution in [3.63, 3.8) is 0 Å². The second-order valence-corrected chi connectivity index (χ2v) is 8.41. The molecule has 1 aliphatic rings. The van der Waals surface area contributed by atoms with Crippen LogP contribution in [-0.2, 0) is 11.3 Å². The van der Waals surface area contributed by atoms with Crippen LogP contribution in [0, 0.1) is 5.41 Å². The summed E-state index contributed by atoms with van der Waals surface area (Å²) in [7, 11) is 0. The van der Waals surface area contributed by atoms with Gasteiger partial charge in [0.1, 0.15) is 5.84 Å². The average molecular weight is 440 g/mol. The minimum atomic E-state index is -0.665. The Hall–Kier alpha value is -2.88. The monoisotopic (exact) mass is 439 g/mol. The zero-order valence-electron chi connectivity index (χ0n) is 17.3. The number of anilines is 1. The number of nitrogens with zero attached hydrogens (tertiary/aromatic N) is 1. The van der Waals surface area contributed by atoms with Gasteiger partial charge in [-0.15, -0.1) is 0 Å². The summed E-state index contributed by atoms with van der Waals surface area (Å²) in [5.41, 5.74) is 13.6. The van der Waals surface area contributed by atoms with Crippen LogP contribution in [-0.4, -0.2) is 28.8 Å². The lowest BCUT2D eigenvalue weighted by atomic mass is 9.91. The summed E-state index contributed by atoms with van der Waals surface area (Å²) >= 11 is 1.52. The highest BCUT2D eigenvalue weighted by atomic mass is 32.2. The standard InChI is InChI=1S/C22H29N7OS/c23-19-3-1-2-4-20(19)27-14-18(22(25)30)21(24)29-16-5-7-17(8-6-16)31-28-13-15-9-11-26-12-10-15/h5-12,14,19-20,27-28H,1-4,13,23H2,(H2,24,29)(H2,25,30)/b18-14+. The third-order valence-electron chi connectivity index (χ3n) is 5.14. The fourth-order valence-corrected chi connectivity index (χ4v) is 4.02. The SMILES string of the molecule is N=C(Nc1ccc(SNCc2ccncc2)cc1)/C(=C\NC1CCCCC1N)C(N)=O. The molecule has 2 aromatic rings. The molecule has 0 spiro atoms. The first-order valence-corrected chi connectivity index (χ1v) is 11.1. The average Bonchev–Trinajstić information content (AvgIpc) is 2.77.